The number of fused-ring (bicyclic) bond motifs is 1. The quantitative estimate of drug-likeness (QED) is 0.581. The third-order valence-corrected chi connectivity index (χ3v) is 5.10. The number of hydrogen-bond acceptors (Lipinski definition) is 5. The Morgan fingerprint density at radius 3 is 2.54 bits per heavy atom. The van der Waals surface area contributed by atoms with Crippen molar-refractivity contribution in [2.75, 3.05) is 19.7 Å². The minimum absolute atomic E-state index is 0.122. The first kappa shape index (κ1) is 20.2. The summed E-state index contributed by atoms with van der Waals surface area (Å²) in [6, 6.07) is 7.26. The van der Waals surface area contributed by atoms with Gasteiger partial charge in [-0.2, -0.15) is 0 Å². The van der Waals surface area contributed by atoms with Crippen molar-refractivity contribution in [1.29, 1.82) is 0 Å². The zero-order chi connectivity index (χ0) is 20.3. The maximum Gasteiger partial charge on any atom is 0.419 e. The summed E-state index contributed by atoms with van der Waals surface area (Å²) in [5.41, 5.74) is 0.902. The van der Waals surface area contributed by atoms with E-state index >= 15 is 0 Å². The lowest BCUT2D eigenvalue weighted by molar-refractivity contribution is -0.153. The monoisotopic (exact) mass is 388 g/mol. The Morgan fingerprint density at radius 2 is 1.86 bits per heavy atom. The van der Waals surface area contributed by atoms with Crippen LogP contribution in [-0.2, 0) is 20.9 Å². The van der Waals surface area contributed by atoms with E-state index in [1.54, 1.807) is 10.6 Å². The molecule has 0 atom stereocenters. The summed E-state index contributed by atoms with van der Waals surface area (Å²) in [6.07, 6.45) is 1.80. The van der Waals surface area contributed by atoms with E-state index in [1.165, 1.54) is 0 Å². The van der Waals surface area contributed by atoms with Crippen molar-refractivity contribution in [3.8, 4) is 0 Å². The first-order valence-electron chi connectivity index (χ1n) is 9.82. The highest BCUT2D eigenvalue weighted by Gasteiger charge is 2.32. The molecule has 0 aliphatic carbocycles. The predicted molar refractivity (Wildman–Crippen MR) is 105 cm³/mol. The Labute approximate surface area is 164 Å². The van der Waals surface area contributed by atoms with Crippen LogP contribution < -0.4 is 5.76 Å². The second kappa shape index (κ2) is 8.20. The summed E-state index contributed by atoms with van der Waals surface area (Å²) in [5, 5.41) is 0. The predicted octanol–water partition coefficient (Wildman–Crippen LogP) is 2.81. The minimum atomic E-state index is -0.400. The molecular formula is C21H28N2O5. The molecule has 0 radical (unpaired) electrons. The van der Waals surface area contributed by atoms with Crippen molar-refractivity contribution in [2.45, 2.75) is 46.6 Å². The highest BCUT2D eigenvalue weighted by Crippen LogP contribution is 2.24. The van der Waals surface area contributed by atoms with Gasteiger partial charge in [0.25, 0.3) is 0 Å². The average molecular weight is 388 g/mol. The Bertz CT molecular complexity index is 897. The summed E-state index contributed by atoms with van der Waals surface area (Å²) < 4.78 is 12.2. The number of aromatic nitrogens is 1. The SMILES string of the molecule is CC(C)(C)C(=O)N1CCC(C(=O)OCCCn2c(=O)oc3ccccc32)CC1. The second-order valence-corrected chi connectivity index (χ2v) is 8.32. The third-order valence-electron chi connectivity index (χ3n) is 5.10. The molecule has 7 heteroatoms. The highest BCUT2D eigenvalue weighted by atomic mass is 16.5. The molecule has 0 spiro atoms. The van der Waals surface area contributed by atoms with E-state index in [0.29, 0.717) is 44.5 Å². The standard InChI is InChI=1S/C21H28N2O5/c1-21(2,3)19(25)22-12-9-15(10-13-22)18(24)27-14-6-11-23-16-7-4-5-8-17(16)28-20(23)26/h4-5,7-8,15H,6,9-14H2,1-3H3. The smallest absolute Gasteiger partial charge is 0.419 e. The van der Waals surface area contributed by atoms with Gasteiger partial charge in [0.15, 0.2) is 5.58 Å². The number of rotatable bonds is 5. The van der Waals surface area contributed by atoms with E-state index < -0.39 is 11.2 Å². The summed E-state index contributed by atoms with van der Waals surface area (Å²) >= 11 is 0. The molecule has 1 aliphatic heterocycles. The van der Waals surface area contributed by atoms with Gasteiger partial charge in [-0.1, -0.05) is 32.9 Å². The number of benzene rings is 1. The fourth-order valence-corrected chi connectivity index (χ4v) is 3.53. The van der Waals surface area contributed by atoms with Gasteiger partial charge in [0.1, 0.15) is 0 Å². The lowest BCUT2D eigenvalue weighted by Gasteiger charge is -2.34. The van der Waals surface area contributed by atoms with Gasteiger partial charge >= 0.3 is 11.7 Å². The largest absolute Gasteiger partial charge is 0.465 e. The van der Waals surface area contributed by atoms with Crippen LogP contribution >= 0.6 is 0 Å². The van der Waals surface area contributed by atoms with Gasteiger partial charge in [0.2, 0.25) is 5.91 Å². The van der Waals surface area contributed by atoms with Crippen molar-refractivity contribution in [1.82, 2.24) is 9.47 Å². The molecule has 1 aromatic heterocycles. The van der Waals surface area contributed by atoms with Gasteiger partial charge in [-0.3, -0.25) is 14.2 Å². The topological polar surface area (TPSA) is 81.8 Å². The van der Waals surface area contributed by atoms with Crippen molar-refractivity contribution in [2.24, 2.45) is 11.3 Å². The Morgan fingerprint density at radius 1 is 1.18 bits per heavy atom. The van der Waals surface area contributed by atoms with Crippen LogP contribution in [0.4, 0.5) is 0 Å². The van der Waals surface area contributed by atoms with Crippen LogP contribution in [0.3, 0.4) is 0 Å². The van der Waals surface area contributed by atoms with E-state index in [-0.39, 0.29) is 24.4 Å². The number of carbonyl (C=O) groups excluding carboxylic acids is 2. The zero-order valence-electron chi connectivity index (χ0n) is 16.8. The fourth-order valence-electron chi connectivity index (χ4n) is 3.53. The number of ether oxygens (including phenoxy) is 1. The van der Waals surface area contributed by atoms with Crippen LogP contribution in [0, 0.1) is 11.3 Å². The molecule has 1 aliphatic rings. The normalized spacial score (nSPS) is 15.8. The fraction of sp³-hybridized carbons (Fsp3) is 0.571. The summed E-state index contributed by atoms with van der Waals surface area (Å²) in [5.74, 6) is -0.658. The van der Waals surface area contributed by atoms with Crippen molar-refractivity contribution >= 4 is 23.0 Å². The molecule has 0 N–H and O–H groups in total. The van der Waals surface area contributed by atoms with E-state index in [2.05, 4.69) is 0 Å². The average Bonchev–Trinajstić information content (AvgIpc) is 2.99. The molecule has 0 saturated carbocycles. The molecule has 152 valence electrons. The van der Waals surface area contributed by atoms with E-state index in [0.717, 1.165) is 5.52 Å². The van der Waals surface area contributed by atoms with Crippen LogP contribution in [0.15, 0.2) is 33.5 Å². The van der Waals surface area contributed by atoms with Crippen LogP contribution in [0.25, 0.3) is 11.1 Å². The summed E-state index contributed by atoms with van der Waals surface area (Å²) in [7, 11) is 0. The number of oxazole rings is 1. The molecule has 0 unspecified atom stereocenters. The van der Waals surface area contributed by atoms with Gasteiger partial charge in [-0.05, 0) is 31.4 Å². The van der Waals surface area contributed by atoms with Gasteiger partial charge < -0.3 is 14.1 Å². The van der Waals surface area contributed by atoms with Crippen molar-refractivity contribution in [3.05, 3.63) is 34.8 Å². The van der Waals surface area contributed by atoms with E-state index in [4.69, 9.17) is 9.15 Å². The first-order valence-corrected chi connectivity index (χ1v) is 9.82. The van der Waals surface area contributed by atoms with Crippen LogP contribution in [0.2, 0.25) is 0 Å². The molecule has 3 rings (SSSR count). The van der Waals surface area contributed by atoms with E-state index in [1.807, 2.05) is 43.9 Å². The number of hydrogen-bond donors (Lipinski definition) is 0. The van der Waals surface area contributed by atoms with E-state index in [9.17, 15) is 14.4 Å². The van der Waals surface area contributed by atoms with Gasteiger partial charge in [0, 0.05) is 25.0 Å². The van der Waals surface area contributed by atoms with Gasteiger partial charge in [-0.25, -0.2) is 4.79 Å². The number of likely N-dealkylation sites (tertiary alicyclic amines) is 1. The molecule has 7 nitrogen and oxygen atoms in total. The number of piperidine rings is 1. The molecular weight excluding hydrogens is 360 g/mol. The molecule has 1 aromatic carbocycles. The van der Waals surface area contributed by atoms with Crippen LogP contribution in [0.1, 0.15) is 40.0 Å². The molecule has 2 heterocycles. The number of amides is 1. The molecule has 28 heavy (non-hydrogen) atoms. The lowest BCUT2D eigenvalue weighted by atomic mass is 9.91. The van der Waals surface area contributed by atoms with Gasteiger partial charge in [0.05, 0.1) is 18.0 Å². The van der Waals surface area contributed by atoms with Crippen LogP contribution in [0.5, 0.6) is 0 Å². The second-order valence-electron chi connectivity index (χ2n) is 8.32. The number of para-hydroxylation sites is 2. The Balaban J connectivity index is 1.43. The van der Waals surface area contributed by atoms with Crippen molar-refractivity contribution < 1.29 is 18.7 Å². The lowest BCUT2D eigenvalue weighted by Crippen LogP contribution is -2.45. The molecule has 1 fully saturated rings. The number of aryl methyl sites for hydroxylation is 1. The molecule has 1 saturated heterocycles. The van der Waals surface area contributed by atoms with Crippen molar-refractivity contribution in [3.63, 3.8) is 0 Å². The number of nitrogens with zero attached hydrogens (tertiary/aromatic N) is 2. The zero-order valence-corrected chi connectivity index (χ0v) is 16.8. The summed E-state index contributed by atoms with van der Waals surface area (Å²) in [4.78, 5) is 38.4. The first-order chi connectivity index (χ1) is 13.3. The number of carbonyl (C=O) groups is 2. The molecule has 0 bridgehead atoms. The Hall–Kier alpha value is -2.57. The molecule has 2 aromatic rings. The number of esters is 1. The van der Waals surface area contributed by atoms with Gasteiger partial charge in [-0.15, -0.1) is 0 Å². The third kappa shape index (κ3) is 4.46. The van der Waals surface area contributed by atoms with Crippen LogP contribution in [-0.4, -0.2) is 41.0 Å². The summed E-state index contributed by atoms with van der Waals surface area (Å²) in [6.45, 7) is 7.59. The maximum atomic E-state index is 12.3. The Kier molecular flexibility index (Phi) is 5.91. The maximum absolute atomic E-state index is 12.3. The molecule has 1 amide bonds. The minimum Gasteiger partial charge on any atom is -0.465 e. The highest BCUT2D eigenvalue weighted by molar-refractivity contribution is 5.82.